The van der Waals surface area contributed by atoms with E-state index in [0.29, 0.717) is 21.5 Å². The maximum absolute atomic E-state index is 12.8. The molecule has 2 aromatic rings. The van der Waals surface area contributed by atoms with E-state index in [4.69, 9.17) is 16.6 Å². The van der Waals surface area contributed by atoms with Gasteiger partial charge in [-0.05, 0) is 24.6 Å². The summed E-state index contributed by atoms with van der Waals surface area (Å²) in [6.45, 7) is 2.05. The number of aliphatic hydroxyl groups excluding tert-OH is 1. The van der Waals surface area contributed by atoms with Crippen molar-refractivity contribution in [1.82, 2.24) is 9.80 Å². The third-order valence-electron chi connectivity index (χ3n) is 4.14. The number of amides is 2. The van der Waals surface area contributed by atoms with Crippen molar-refractivity contribution < 1.29 is 19.1 Å². The van der Waals surface area contributed by atoms with E-state index in [-0.39, 0.29) is 31.5 Å². The maximum Gasteiger partial charge on any atom is 0.266 e. The van der Waals surface area contributed by atoms with Crippen LogP contribution in [0, 0.1) is 6.92 Å². The lowest BCUT2D eigenvalue weighted by Gasteiger charge is -2.24. The van der Waals surface area contributed by atoms with Crippen LogP contribution >= 0.6 is 24.0 Å². The fourth-order valence-corrected chi connectivity index (χ4v) is 3.98. The van der Waals surface area contributed by atoms with Gasteiger partial charge in [0.2, 0.25) is 5.91 Å². The Bertz CT molecular complexity index is 908. The first-order valence-electron chi connectivity index (χ1n) is 8.72. The zero-order valence-electron chi connectivity index (χ0n) is 15.3. The van der Waals surface area contributed by atoms with Crippen LogP contribution in [0.25, 0.3) is 6.08 Å². The number of hydrogen-bond donors (Lipinski definition) is 1. The van der Waals surface area contributed by atoms with E-state index >= 15 is 0 Å². The number of aryl methyl sites for hydroxylation is 1. The number of nitrogens with zero attached hydrogens (tertiary/aromatic N) is 2. The van der Waals surface area contributed by atoms with Gasteiger partial charge in [0.25, 0.3) is 5.91 Å². The van der Waals surface area contributed by atoms with Crippen molar-refractivity contribution in [1.29, 1.82) is 0 Å². The molecule has 146 valence electrons. The molecule has 8 heteroatoms. The average molecular weight is 417 g/mol. The van der Waals surface area contributed by atoms with Crippen LogP contribution < -0.4 is 0 Å². The van der Waals surface area contributed by atoms with Crippen LogP contribution in [0.2, 0.25) is 0 Å². The van der Waals surface area contributed by atoms with Gasteiger partial charge in [-0.1, -0.05) is 54.3 Å². The van der Waals surface area contributed by atoms with Gasteiger partial charge in [0, 0.05) is 19.2 Å². The Morgan fingerprint density at radius 1 is 1.29 bits per heavy atom. The van der Waals surface area contributed by atoms with Crippen LogP contribution in [0.1, 0.15) is 17.1 Å². The molecule has 2 amide bonds. The number of aliphatic hydroxyl groups is 1. The smallest absolute Gasteiger partial charge is 0.266 e. The van der Waals surface area contributed by atoms with Crippen molar-refractivity contribution in [2.45, 2.75) is 13.5 Å². The van der Waals surface area contributed by atoms with Crippen molar-refractivity contribution in [3.63, 3.8) is 0 Å². The Labute approximate surface area is 172 Å². The zero-order valence-corrected chi connectivity index (χ0v) is 17.0. The second kappa shape index (κ2) is 9.18. The number of benzene rings is 1. The minimum absolute atomic E-state index is 0.158. The Morgan fingerprint density at radius 3 is 2.68 bits per heavy atom. The van der Waals surface area contributed by atoms with E-state index < -0.39 is 0 Å². The van der Waals surface area contributed by atoms with Gasteiger partial charge in [0.1, 0.15) is 22.4 Å². The van der Waals surface area contributed by atoms with Crippen molar-refractivity contribution >= 4 is 46.2 Å². The van der Waals surface area contributed by atoms with Crippen LogP contribution in [0.3, 0.4) is 0 Å². The molecule has 1 N–H and O–H groups in total. The third kappa shape index (κ3) is 4.89. The second-order valence-corrected chi connectivity index (χ2v) is 7.92. The predicted octanol–water partition coefficient (Wildman–Crippen LogP) is 2.81. The minimum atomic E-state index is -0.318. The van der Waals surface area contributed by atoms with E-state index in [0.717, 1.165) is 23.1 Å². The molecule has 1 aliphatic heterocycles. The number of furan rings is 1. The molecule has 1 saturated heterocycles. The molecule has 0 spiro atoms. The molecular weight excluding hydrogens is 396 g/mol. The molecular formula is C20H20N2O4S2. The average Bonchev–Trinajstić information content (AvgIpc) is 3.20. The molecule has 6 nitrogen and oxygen atoms in total. The zero-order chi connectivity index (χ0) is 20.1. The predicted molar refractivity (Wildman–Crippen MR) is 112 cm³/mol. The summed E-state index contributed by atoms with van der Waals surface area (Å²) in [5.74, 6) is 0.720. The highest BCUT2D eigenvalue weighted by Crippen LogP contribution is 2.32. The molecule has 1 aromatic heterocycles. The first kappa shape index (κ1) is 20.3. The van der Waals surface area contributed by atoms with Gasteiger partial charge in [-0.2, -0.15) is 0 Å². The van der Waals surface area contributed by atoms with Crippen molar-refractivity contribution in [2.75, 3.05) is 19.7 Å². The molecule has 0 atom stereocenters. The molecule has 1 aromatic carbocycles. The van der Waals surface area contributed by atoms with E-state index in [2.05, 4.69) is 0 Å². The van der Waals surface area contributed by atoms with Crippen LogP contribution in [0.5, 0.6) is 0 Å². The summed E-state index contributed by atoms with van der Waals surface area (Å²) < 4.78 is 5.81. The van der Waals surface area contributed by atoms with Gasteiger partial charge in [0.15, 0.2) is 0 Å². The standard InChI is InChI=1S/C20H20N2O4S2/c1-14-7-8-16(26-14)11-17-19(25)22(20(27)28-17)13-18(24)21(9-10-23)12-15-5-3-2-4-6-15/h2-8,11,23H,9-10,12-13H2,1H3/b17-11-. The van der Waals surface area contributed by atoms with Crippen LogP contribution in [0.4, 0.5) is 0 Å². The van der Waals surface area contributed by atoms with Crippen molar-refractivity contribution in [3.8, 4) is 0 Å². The lowest BCUT2D eigenvalue weighted by atomic mass is 10.2. The van der Waals surface area contributed by atoms with Gasteiger partial charge in [-0.3, -0.25) is 14.5 Å². The van der Waals surface area contributed by atoms with Crippen molar-refractivity contribution in [3.05, 3.63) is 64.5 Å². The number of hydrogen-bond acceptors (Lipinski definition) is 6. The Hall–Kier alpha value is -2.42. The Kier molecular flexibility index (Phi) is 6.66. The summed E-state index contributed by atoms with van der Waals surface area (Å²) in [7, 11) is 0. The summed E-state index contributed by atoms with van der Waals surface area (Å²) in [4.78, 5) is 28.7. The van der Waals surface area contributed by atoms with E-state index in [1.54, 1.807) is 12.1 Å². The van der Waals surface area contributed by atoms with Crippen LogP contribution in [-0.4, -0.2) is 50.7 Å². The highest BCUT2D eigenvalue weighted by Gasteiger charge is 2.34. The fourth-order valence-electron chi connectivity index (χ4n) is 2.75. The topological polar surface area (TPSA) is 74.0 Å². The molecule has 0 aliphatic carbocycles. The maximum atomic E-state index is 12.8. The summed E-state index contributed by atoms with van der Waals surface area (Å²) in [6, 6.07) is 13.1. The van der Waals surface area contributed by atoms with Crippen molar-refractivity contribution in [2.24, 2.45) is 0 Å². The first-order chi connectivity index (χ1) is 13.5. The molecule has 3 rings (SSSR count). The highest BCUT2D eigenvalue weighted by atomic mass is 32.2. The van der Waals surface area contributed by atoms with Gasteiger partial charge in [-0.25, -0.2) is 0 Å². The molecule has 1 fully saturated rings. The van der Waals surface area contributed by atoms with E-state index in [1.807, 2.05) is 43.3 Å². The lowest BCUT2D eigenvalue weighted by Crippen LogP contribution is -2.42. The minimum Gasteiger partial charge on any atom is -0.462 e. The molecule has 0 unspecified atom stereocenters. The molecule has 2 heterocycles. The number of rotatable bonds is 7. The second-order valence-electron chi connectivity index (χ2n) is 6.24. The third-order valence-corrected chi connectivity index (χ3v) is 5.52. The monoisotopic (exact) mass is 416 g/mol. The van der Waals surface area contributed by atoms with Crippen LogP contribution in [-0.2, 0) is 16.1 Å². The molecule has 1 aliphatic rings. The number of carbonyl (C=O) groups is 2. The largest absolute Gasteiger partial charge is 0.462 e. The SMILES string of the molecule is Cc1ccc(/C=C2\SC(=S)N(CC(=O)N(CCO)Cc3ccccc3)C2=O)o1. The quantitative estimate of drug-likeness (QED) is 0.553. The van der Waals surface area contributed by atoms with Gasteiger partial charge in [-0.15, -0.1) is 0 Å². The highest BCUT2D eigenvalue weighted by molar-refractivity contribution is 8.26. The molecule has 28 heavy (non-hydrogen) atoms. The first-order valence-corrected chi connectivity index (χ1v) is 9.95. The summed E-state index contributed by atoms with van der Waals surface area (Å²) in [5, 5.41) is 9.31. The Morgan fingerprint density at radius 2 is 2.04 bits per heavy atom. The number of thiocarbonyl (C=S) groups is 1. The Balaban J connectivity index is 1.70. The molecule has 0 bridgehead atoms. The fraction of sp³-hybridized carbons (Fsp3) is 0.250. The number of thioether (sulfide) groups is 1. The summed E-state index contributed by atoms with van der Waals surface area (Å²) >= 11 is 6.44. The van der Waals surface area contributed by atoms with Crippen LogP contribution in [0.15, 0.2) is 51.8 Å². The lowest BCUT2D eigenvalue weighted by molar-refractivity contribution is -0.136. The van der Waals surface area contributed by atoms with E-state index in [1.165, 1.54) is 9.80 Å². The van der Waals surface area contributed by atoms with Gasteiger partial charge >= 0.3 is 0 Å². The summed E-state index contributed by atoms with van der Waals surface area (Å²) in [6.07, 6.45) is 1.63. The van der Waals surface area contributed by atoms with Gasteiger partial charge in [0.05, 0.1) is 11.5 Å². The normalized spacial score (nSPS) is 15.5. The summed E-state index contributed by atoms with van der Waals surface area (Å²) in [5.41, 5.74) is 0.947. The van der Waals surface area contributed by atoms with E-state index in [9.17, 15) is 14.7 Å². The molecule has 0 saturated carbocycles. The molecule has 0 radical (unpaired) electrons. The number of carbonyl (C=O) groups excluding carboxylic acids is 2. The van der Waals surface area contributed by atoms with Gasteiger partial charge < -0.3 is 14.4 Å².